The first-order chi connectivity index (χ1) is 7.68. The zero-order valence-electron chi connectivity index (χ0n) is 10.9. The fourth-order valence-electron chi connectivity index (χ4n) is 1.78. The summed E-state index contributed by atoms with van der Waals surface area (Å²) in [6.45, 7) is 8.09. The number of rotatable bonds is 0. The molecule has 0 spiro atoms. The molecule has 0 aromatic heterocycles. The van der Waals surface area contributed by atoms with Crippen LogP contribution in [-0.4, -0.2) is 13.2 Å². The van der Waals surface area contributed by atoms with Crippen molar-refractivity contribution < 1.29 is 4.74 Å². The lowest BCUT2D eigenvalue weighted by molar-refractivity contribution is 0.186. The maximum absolute atomic E-state index is 5.60. The van der Waals surface area contributed by atoms with Crippen LogP contribution in [-0.2, 0) is 4.74 Å². The molecule has 0 aliphatic carbocycles. The molecule has 0 N–H and O–H groups in total. The molecule has 1 heterocycles. The van der Waals surface area contributed by atoms with Gasteiger partial charge in [0, 0.05) is 0 Å². The second-order valence-electron chi connectivity index (χ2n) is 4.74. The average molecular weight is 220 g/mol. The van der Waals surface area contributed by atoms with E-state index in [4.69, 9.17) is 4.74 Å². The molecule has 0 aromatic carbocycles. The van der Waals surface area contributed by atoms with Crippen LogP contribution in [0, 0.1) is 0 Å². The van der Waals surface area contributed by atoms with E-state index in [0.717, 1.165) is 32.5 Å². The molecule has 1 heteroatoms. The summed E-state index contributed by atoms with van der Waals surface area (Å²) in [5.74, 6) is 0. The lowest BCUT2D eigenvalue weighted by Crippen LogP contribution is -1.96. The van der Waals surface area contributed by atoms with E-state index in [1.807, 2.05) is 0 Å². The van der Waals surface area contributed by atoms with Gasteiger partial charge < -0.3 is 4.74 Å². The van der Waals surface area contributed by atoms with E-state index in [9.17, 15) is 0 Å². The molecule has 1 aliphatic heterocycles. The van der Waals surface area contributed by atoms with Gasteiger partial charge in [-0.1, -0.05) is 34.9 Å². The molecule has 1 aliphatic rings. The van der Waals surface area contributed by atoms with Crippen LogP contribution in [0.1, 0.15) is 46.5 Å². The second kappa shape index (κ2) is 7.45. The summed E-state index contributed by atoms with van der Waals surface area (Å²) < 4.78 is 5.60. The van der Waals surface area contributed by atoms with Gasteiger partial charge in [-0.15, -0.1) is 0 Å². The second-order valence-corrected chi connectivity index (χ2v) is 4.74. The van der Waals surface area contributed by atoms with E-state index in [-0.39, 0.29) is 0 Å². The molecule has 1 rings (SSSR count). The largest absolute Gasteiger partial charge is 0.373 e. The highest BCUT2D eigenvalue weighted by atomic mass is 16.5. The van der Waals surface area contributed by atoms with Gasteiger partial charge >= 0.3 is 0 Å². The molecule has 0 bridgehead atoms. The summed E-state index contributed by atoms with van der Waals surface area (Å²) in [6, 6.07) is 0. The number of allylic oxidation sites excluding steroid dienone is 4. The molecule has 0 aromatic rings. The molecule has 0 fully saturated rings. The summed E-state index contributed by atoms with van der Waals surface area (Å²) in [6.07, 6.45) is 11.5. The summed E-state index contributed by atoms with van der Waals surface area (Å²) >= 11 is 0. The molecule has 0 saturated heterocycles. The minimum Gasteiger partial charge on any atom is -0.373 e. The van der Waals surface area contributed by atoms with Gasteiger partial charge in [-0.3, -0.25) is 0 Å². The van der Waals surface area contributed by atoms with Crippen LogP contribution < -0.4 is 0 Å². The number of hydrogen-bond acceptors (Lipinski definition) is 1. The third kappa shape index (κ3) is 5.92. The Hall–Kier alpha value is -0.820. The van der Waals surface area contributed by atoms with Crippen LogP contribution in [0.2, 0.25) is 0 Å². The fraction of sp³-hybridized carbons (Fsp3) is 0.600. The van der Waals surface area contributed by atoms with Crippen molar-refractivity contribution in [3.63, 3.8) is 0 Å². The maximum Gasteiger partial charge on any atom is 0.0678 e. The molecule has 0 atom stereocenters. The Morgan fingerprint density at radius 1 is 0.812 bits per heavy atom. The molecule has 1 nitrogen and oxygen atoms in total. The predicted octanol–water partition coefficient (Wildman–Crippen LogP) is 4.42. The number of ether oxygens (including phenoxy) is 1. The summed E-state index contributed by atoms with van der Waals surface area (Å²) in [5.41, 5.74) is 4.29. The Balaban J connectivity index is 2.58. The van der Waals surface area contributed by atoms with Crippen LogP contribution in [0.4, 0.5) is 0 Å². The van der Waals surface area contributed by atoms with Crippen molar-refractivity contribution in [1.29, 1.82) is 0 Å². The van der Waals surface area contributed by atoms with E-state index < -0.39 is 0 Å². The van der Waals surface area contributed by atoms with E-state index in [0.29, 0.717) is 0 Å². The van der Waals surface area contributed by atoms with Crippen molar-refractivity contribution in [2.24, 2.45) is 0 Å². The molecular weight excluding hydrogens is 196 g/mol. The van der Waals surface area contributed by atoms with Gasteiger partial charge in [-0.25, -0.2) is 0 Å². The quantitative estimate of drug-likeness (QED) is 0.549. The van der Waals surface area contributed by atoms with Gasteiger partial charge in [-0.05, 0) is 46.5 Å². The molecule has 0 amide bonds. The number of hydrogen-bond donors (Lipinski definition) is 0. The Labute approximate surface area is 99.9 Å². The predicted molar refractivity (Wildman–Crippen MR) is 70.6 cm³/mol. The van der Waals surface area contributed by atoms with Gasteiger partial charge in [0.15, 0.2) is 0 Å². The van der Waals surface area contributed by atoms with Crippen LogP contribution in [0.25, 0.3) is 0 Å². The zero-order chi connectivity index (χ0) is 11.8. The Bertz CT molecular complexity index is 295. The SMILES string of the molecule is C/C1=C\CC/C(C)=C/COC/C(C)=C/CC1. The minimum absolute atomic E-state index is 0.750. The van der Waals surface area contributed by atoms with Crippen molar-refractivity contribution in [3.8, 4) is 0 Å². The normalized spacial score (nSPS) is 30.6. The van der Waals surface area contributed by atoms with Crippen molar-refractivity contribution >= 4 is 0 Å². The summed E-state index contributed by atoms with van der Waals surface area (Å²) in [4.78, 5) is 0. The summed E-state index contributed by atoms with van der Waals surface area (Å²) in [5, 5.41) is 0. The highest BCUT2D eigenvalue weighted by Gasteiger charge is 1.95. The van der Waals surface area contributed by atoms with Crippen molar-refractivity contribution in [3.05, 3.63) is 34.9 Å². The van der Waals surface area contributed by atoms with Crippen molar-refractivity contribution in [1.82, 2.24) is 0 Å². The van der Waals surface area contributed by atoms with Gasteiger partial charge in [0.05, 0.1) is 13.2 Å². The standard InChI is InChI=1S/C15H24O/c1-13-6-4-8-14(2)10-11-16-12-15(3)9-5-7-13/h6,9-10H,4-5,7-8,11-12H2,1-3H3/b13-6+,14-10+,15-9+. The van der Waals surface area contributed by atoms with E-state index >= 15 is 0 Å². The molecule has 0 radical (unpaired) electrons. The van der Waals surface area contributed by atoms with E-state index in [1.165, 1.54) is 23.1 Å². The minimum atomic E-state index is 0.750. The Morgan fingerprint density at radius 3 is 2.06 bits per heavy atom. The van der Waals surface area contributed by atoms with Crippen LogP contribution >= 0.6 is 0 Å². The van der Waals surface area contributed by atoms with Crippen molar-refractivity contribution in [2.75, 3.05) is 13.2 Å². The third-order valence-corrected chi connectivity index (χ3v) is 2.94. The highest BCUT2D eigenvalue weighted by molar-refractivity contribution is 5.07. The third-order valence-electron chi connectivity index (χ3n) is 2.94. The Kier molecular flexibility index (Phi) is 6.17. The molecular formula is C15H24O. The van der Waals surface area contributed by atoms with Gasteiger partial charge in [0.2, 0.25) is 0 Å². The highest BCUT2D eigenvalue weighted by Crippen LogP contribution is 2.12. The van der Waals surface area contributed by atoms with Crippen LogP contribution in [0.3, 0.4) is 0 Å². The van der Waals surface area contributed by atoms with E-state index in [1.54, 1.807) is 0 Å². The first-order valence-corrected chi connectivity index (χ1v) is 6.23. The molecule has 0 unspecified atom stereocenters. The first kappa shape index (κ1) is 13.2. The Morgan fingerprint density at radius 2 is 1.38 bits per heavy atom. The first-order valence-electron chi connectivity index (χ1n) is 6.23. The van der Waals surface area contributed by atoms with Gasteiger partial charge in [0.1, 0.15) is 0 Å². The van der Waals surface area contributed by atoms with Crippen molar-refractivity contribution in [2.45, 2.75) is 46.5 Å². The van der Waals surface area contributed by atoms with Crippen LogP contribution in [0.5, 0.6) is 0 Å². The monoisotopic (exact) mass is 220 g/mol. The molecule has 0 saturated carbocycles. The smallest absolute Gasteiger partial charge is 0.0678 e. The molecule has 90 valence electrons. The lowest BCUT2D eigenvalue weighted by Gasteiger charge is -2.02. The van der Waals surface area contributed by atoms with Gasteiger partial charge in [0.25, 0.3) is 0 Å². The van der Waals surface area contributed by atoms with E-state index in [2.05, 4.69) is 39.0 Å². The summed E-state index contributed by atoms with van der Waals surface area (Å²) in [7, 11) is 0. The van der Waals surface area contributed by atoms with Crippen LogP contribution in [0.15, 0.2) is 34.9 Å². The maximum atomic E-state index is 5.60. The zero-order valence-corrected chi connectivity index (χ0v) is 10.9. The lowest BCUT2D eigenvalue weighted by atomic mass is 10.1. The van der Waals surface area contributed by atoms with Gasteiger partial charge in [-0.2, -0.15) is 0 Å². The average Bonchev–Trinajstić information content (AvgIpc) is 2.24. The topological polar surface area (TPSA) is 9.23 Å². The molecule has 16 heavy (non-hydrogen) atoms. The fourth-order valence-corrected chi connectivity index (χ4v) is 1.78.